The molecule has 0 atom stereocenters. The molecule has 6 heteroatoms. The maximum Gasteiger partial charge on any atom is 0.191 e. The van der Waals surface area contributed by atoms with Gasteiger partial charge in [0.25, 0.3) is 0 Å². The van der Waals surface area contributed by atoms with E-state index in [2.05, 4.69) is 22.5 Å². The average Bonchev–Trinajstić information content (AvgIpc) is 2.63. The second-order valence-corrected chi connectivity index (χ2v) is 5.25. The summed E-state index contributed by atoms with van der Waals surface area (Å²) in [6.45, 7) is 3.74. The van der Waals surface area contributed by atoms with Crippen LogP contribution >= 0.6 is 24.0 Å². The van der Waals surface area contributed by atoms with E-state index in [9.17, 15) is 0 Å². The highest BCUT2D eigenvalue weighted by molar-refractivity contribution is 14.0. The Balaban J connectivity index is 0.00000312. The van der Waals surface area contributed by atoms with Crippen LogP contribution in [0.25, 0.3) is 0 Å². The van der Waals surface area contributed by atoms with E-state index >= 15 is 0 Å². The first-order valence-electron chi connectivity index (χ1n) is 8.11. The molecule has 0 unspecified atom stereocenters. The number of halogens is 1. The van der Waals surface area contributed by atoms with Crippen LogP contribution in [-0.2, 0) is 6.54 Å². The normalized spacial score (nSPS) is 10.6. The summed E-state index contributed by atoms with van der Waals surface area (Å²) >= 11 is 0. The van der Waals surface area contributed by atoms with Gasteiger partial charge in [-0.1, -0.05) is 31.2 Å². The first-order chi connectivity index (χ1) is 11.8. The zero-order valence-corrected chi connectivity index (χ0v) is 17.2. The second kappa shape index (κ2) is 11.6. The minimum absolute atomic E-state index is 0. The molecule has 2 aromatic rings. The fraction of sp³-hybridized carbons (Fsp3) is 0.316. The Bertz CT molecular complexity index is 660. The van der Waals surface area contributed by atoms with Crippen LogP contribution in [-0.4, -0.2) is 26.7 Å². The number of hydrogen-bond acceptors (Lipinski definition) is 3. The molecule has 0 aliphatic carbocycles. The fourth-order valence-electron chi connectivity index (χ4n) is 2.16. The molecule has 2 rings (SSSR count). The number of nitrogens with zero attached hydrogens (tertiary/aromatic N) is 1. The smallest absolute Gasteiger partial charge is 0.191 e. The lowest BCUT2D eigenvalue weighted by molar-refractivity contribution is 0.379. The van der Waals surface area contributed by atoms with E-state index in [1.54, 1.807) is 14.2 Å². The molecule has 136 valence electrons. The summed E-state index contributed by atoms with van der Waals surface area (Å²) in [4.78, 5) is 4.19. The van der Waals surface area contributed by atoms with Crippen LogP contribution in [0.2, 0.25) is 0 Å². The summed E-state index contributed by atoms with van der Waals surface area (Å²) in [6, 6.07) is 15.6. The van der Waals surface area contributed by atoms with E-state index in [0.717, 1.165) is 30.2 Å². The van der Waals surface area contributed by atoms with Crippen molar-refractivity contribution < 1.29 is 9.47 Å². The highest BCUT2D eigenvalue weighted by Crippen LogP contribution is 2.30. The highest BCUT2D eigenvalue weighted by atomic mass is 127. The molecular weight excluding hydrogens is 429 g/mol. The molecule has 0 radical (unpaired) electrons. The van der Waals surface area contributed by atoms with Crippen molar-refractivity contribution >= 4 is 29.9 Å². The maximum absolute atomic E-state index is 5.87. The van der Waals surface area contributed by atoms with Crippen molar-refractivity contribution in [2.24, 2.45) is 4.99 Å². The molecule has 25 heavy (non-hydrogen) atoms. The van der Waals surface area contributed by atoms with Crippen molar-refractivity contribution in [2.45, 2.75) is 19.9 Å². The van der Waals surface area contributed by atoms with Crippen molar-refractivity contribution in [3.63, 3.8) is 0 Å². The second-order valence-electron chi connectivity index (χ2n) is 5.25. The van der Waals surface area contributed by atoms with Crippen molar-refractivity contribution in [2.75, 3.05) is 20.7 Å². The Labute approximate surface area is 166 Å². The number of para-hydroxylation sites is 2. The Morgan fingerprint density at radius 3 is 2.28 bits per heavy atom. The average molecular weight is 455 g/mol. The van der Waals surface area contributed by atoms with Gasteiger partial charge in [0.15, 0.2) is 17.5 Å². The lowest BCUT2D eigenvalue weighted by atomic mass is 10.2. The molecule has 0 aromatic heterocycles. The topological polar surface area (TPSA) is 54.9 Å². The van der Waals surface area contributed by atoms with Gasteiger partial charge in [-0.15, -0.1) is 24.0 Å². The zero-order valence-electron chi connectivity index (χ0n) is 14.9. The molecular formula is C19H26IN3O2. The van der Waals surface area contributed by atoms with Crippen LogP contribution < -0.4 is 20.1 Å². The molecule has 0 saturated carbocycles. The van der Waals surface area contributed by atoms with E-state index in [-0.39, 0.29) is 24.0 Å². The van der Waals surface area contributed by atoms with Crippen LogP contribution in [0.15, 0.2) is 53.5 Å². The van der Waals surface area contributed by atoms with Crippen molar-refractivity contribution in [3.05, 3.63) is 54.1 Å². The number of aliphatic imine (C=N–C) groups is 1. The minimum Gasteiger partial charge on any atom is -0.493 e. The Morgan fingerprint density at radius 2 is 1.68 bits per heavy atom. The number of benzene rings is 2. The number of hydrogen-bond donors (Lipinski definition) is 2. The predicted molar refractivity (Wildman–Crippen MR) is 113 cm³/mol. The van der Waals surface area contributed by atoms with Crippen LogP contribution in [0.3, 0.4) is 0 Å². The predicted octanol–water partition coefficient (Wildman–Crippen LogP) is 4.18. The quantitative estimate of drug-likeness (QED) is 0.374. The summed E-state index contributed by atoms with van der Waals surface area (Å²) in [5.74, 6) is 3.01. The van der Waals surface area contributed by atoms with Crippen LogP contribution in [0, 0.1) is 0 Å². The minimum atomic E-state index is 0. The molecule has 0 amide bonds. The number of nitrogens with one attached hydrogen (secondary N) is 2. The lowest BCUT2D eigenvalue weighted by Gasteiger charge is -2.12. The number of methoxy groups -OCH3 is 1. The summed E-state index contributed by atoms with van der Waals surface area (Å²) in [7, 11) is 3.41. The standard InChI is InChI=1S/C19H25N3O2.HI/c1-4-13-21-19(20-2)22-14-15-9-11-16(12-10-15)24-18-8-6-5-7-17(18)23-3;/h5-12H,4,13-14H2,1-3H3,(H2,20,21,22);1H. The summed E-state index contributed by atoms with van der Waals surface area (Å²) < 4.78 is 11.2. The summed E-state index contributed by atoms with van der Waals surface area (Å²) in [5.41, 5.74) is 1.15. The molecule has 0 bridgehead atoms. The molecule has 2 aromatic carbocycles. The SMILES string of the molecule is CCCNC(=NC)NCc1ccc(Oc2ccccc2OC)cc1.I. The van der Waals surface area contributed by atoms with E-state index in [4.69, 9.17) is 9.47 Å². The van der Waals surface area contributed by atoms with Gasteiger partial charge in [-0.05, 0) is 36.2 Å². The van der Waals surface area contributed by atoms with Gasteiger partial charge < -0.3 is 20.1 Å². The van der Waals surface area contributed by atoms with E-state index in [1.165, 1.54) is 0 Å². The third-order valence-corrected chi connectivity index (χ3v) is 3.45. The highest BCUT2D eigenvalue weighted by Gasteiger charge is 2.04. The van der Waals surface area contributed by atoms with E-state index < -0.39 is 0 Å². The van der Waals surface area contributed by atoms with Gasteiger partial charge in [0.1, 0.15) is 5.75 Å². The molecule has 0 aliphatic rings. The molecule has 0 heterocycles. The van der Waals surface area contributed by atoms with Crippen molar-refractivity contribution in [3.8, 4) is 17.2 Å². The Hall–Kier alpha value is -1.96. The maximum atomic E-state index is 5.87. The number of guanidine groups is 1. The van der Waals surface area contributed by atoms with Crippen LogP contribution in [0.5, 0.6) is 17.2 Å². The van der Waals surface area contributed by atoms with Crippen LogP contribution in [0.4, 0.5) is 0 Å². The molecule has 0 spiro atoms. The van der Waals surface area contributed by atoms with E-state index in [1.807, 2.05) is 48.5 Å². The lowest BCUT2D eigenvalue weighted by Crippen LogP contribution is -2.37. The van der Waals surface area contributed by atoms with Gasteiger partial charge in [-0.2, -0.15) is 0 Å². The van der Waals surface area contributed by atoms with Gasteiger partial charge in [-0.25, -0.2) is 0 Å². The van der Waals surface area contributed by atoms with Gasteiger partial charge in [0.2, 0.25) is 0 Å². The summed E-state index contributed by atoms with van der Waals surface area (Å²) in [5, 5.41) is 6.53. The van der Waals surface area contributed by atoms with Gasteiger partial charge in [-0.3, -0.25) is 4.99 Å². The molecule has 0 aliphatic heterocycles. The Kier molecular flexibility index (Phi) is 9.76. The van der Waals surface area contributed by atoms with Gasteiger partial charge in [0, 0.05) is 20.1 Å². The van der Waals surface area contributed by atoms with Crippen molar-refractivity contribution in [1.29, 1.82) is 0 Å². The first-order valence-corrected chi connectivity index (χ1v) is 8.11. The number of ether oxygens (including phenoxy) is 2. The van der Waals surface area contributed by atoms with Gasteiger partial charge in [0.05, 0.1) is 7.11 Å². The molecule has 5 nitrogen and oxygen atoms in total. The van der Waals surface area contributed by atoms with Crippen LogP contribution in [0.1, 0.15) is 18.9 Å². The van der Waals surface area contributed by atoms with E-state index in [0.29, 0.717) is 18.0 Å². The first kappa shape index (κ1) is 21.1. The monoisotopic (exact) mass is 455 g/mol. The third kappa shape index (κ3) is 6.81. The molecule has 0 fully saturated rings. The fourth-order valence-corrected chi connectivity index (χ4v) is 2.16. The molecule has 2 N–H and O–H groups in total. The summed E-state index contributed by atoms with van der Waals surface area (Å²) in [6.07, 6.45) is 1.07. The van der Waals surface area contributed by atoms with Gasteiger partial charge >= 0.3 is 0 Å². The third-order valence-electron chi connectivity index (χ3n) is 3.45. The zero-order chi connectivity index (χ0) is 17.2. The molecule has 0 saturated heterocycles. The Morgan fingerprint density at radius 1 is 1.00 bits per heavy atom. The largest absolute Gasteiger partial charge is 0.493 e. The van der Waals surface area contributed by atoms with Crippen molar-refractivity contribution in [1.82, 2.24) is 10.6 Å². The number of rotatable bonds is 7.